The van der Waals surface area contributed by atoms with E-state index in [0.29, 0.717) is 12.5 Å². The smallest absolute Gasteiger partial charge is 0.314 e. The molecule has 1 saturated heterocycles. The van der Waals surface area contributed by atoms with Crippen molar-refractivity contribution in [3.63, 3.8) is 0 Å². The van der Waals surface area contributed by atoms with E-state index < -0.39 is 11.9 Å². The first-order valence-corrected chi connectivity index (χ1v) is 6.67. The van der Waals surface area contributed by atoms with Gasteiger partial charge in [0, 0.05) is 12.7 Å². The molecule has 0 aliphatic carbocycles. The van der Waals surface area contributed by atoms with Crippen LogP contribution in [-0.2, 0) is 11.3 Å². The number of carbonyl (C=O) groups is 1. The Balaban J connectivity index is 1.93. The molecule has 1 aromatic rings. The van der Waals surface area contributed by atoms with Crippen LogP contribution in [0.2, 0.25) is 0 Å². The summed E-state index contributed by atoms with van der Waals surface area (Å²) in [5.74, 6) is -0.406. The topological polar surface area (TPSA) is 58.4 Å². The highest BCUT2D eigenvalue weighted by Crippen LogP contribution is 2.33. The van der Waals surface area contributed by atoms with Crippen LogP contribution >= 0.6 is 0 Å². The monoisotopic (exact) mass is 249 g/mol. The highest BCUT2D eigenvalue weighted by Gasteiger charge is 2.32. The molecule has 0 saturated carbocycles. The van der Waals surface area contributed by atoms with Gasteiger partial charge in [-0.25, -0.2) is 4.98 Å². The van der Waals surface area contributed by atoms with Gasteiger partial charge in [-0.1, -0.05) is 0 Å². The Morgan fingerprint density at radius 1 is 1.39 bits per heavy atom. The highest BCUT2D eigenvalue weighted by atomic mass is 16.4. The Kier molecular flexibility index (Phi) is 2.86. The summed E-state index contributed by atoms with van der Waals surface area (Å²) in [5.41, 5.74) is 1.05. The summed E-state index contributed by atoms with van der Waals surface area (Å²) in [5, 5.41) is 9.25. The third-order valence-corrected chi connectivity index (χ3v) is 4.19. The van der Waals surface area contributed by atoms with Crippen LogP contribution in [0.25, 0.3) is 0 Å². The zero-order valence-electron chi connectivity index (χ0n) is 10.7. The number of imidazole rings is 1. The van der Waals surface area contributed by atoms with E-state index >= 15 is 0 Å². The third kappa shape index (κ3) is 1.82. The second-order valence-corrected chi connectivity index (χ2v) is 5.39. The molecule has 2 aliphatic heterocycles. The number of hydrogen-bond acceptors (Lipinski definition) is 3. The average molecular weight is 249 g/mol. The van der Waals surface area contributed by atoms with Gasteiger partial charge in [0.05, 0.1) is 11.7 Å². The standard InChI is InChI=1S/C13H19N3O2/c1-15-6-3-5-11(15)10-8-16-7-2-4-9(13(17)18)12(16)14-10/h8-9,11H,2-7H2,1H3,(H,17,18). The number of hydrogen-bond donors (Lipinski definition) is 1. The molecule has 1 aromatic heterocycles. The Labute approximate surface area is 106 Å². The van der Waals surface area contributed by atoms with E-state index in [1.54, 1.807) is 0 Å². The van der Waals surface area contributed by atoms with E-state index in [0.717, 1.165) is 37.4 Å². The Morgan fingerprint density at radius 2 is 2.17 bits per heavy atom. The number of likely N-dealkylation sites (tertiary alicyclic amines) is 1. The molecule has 2 atom stereocenters. The first kappa shape index (κ1) is 11.7. The summed E-state index contributed by atoms with van der Waals surface area (Å²) in [7, 11) is 2.12. The van der Waals surface area contributed by atoms with E-state index in [-0.39, 0.29) is 0 Å². The molecule has 0 spiro atoms. The molecule has 5 heteroatoms. The fraction of sp³-hybridized carbons (Fsp3) is 0.692. The van der Waals surface area contributed by atoms with Crippen LogP contribution in [0.1, 0.15) is 49.2 Å². The van der Waals surface area contributed by atoms with Crippen molar-refractivity contribution < 1.29 is 9.90 Å². The van der Waals surface area contributed by atoms with Gasteiger partial charge in [0.1, 0.15) is 11.7 Å². The first-order valence-electron chi connectivity index (χ1n) is 6.67. The van der Waals surface area contributed by atoms with Crippen molar-refractivity contribution in [3.05, 3.63) is 17.7 Å². The fourth-order valence-electron chi connectivity index (χ4n) is 3.18. The molecule has 0 bridgehead atoms. The van der Waals surface area contributed by atoms with Crippen LogP contribution in [0, 0.1) is 0 Å². The van der Waals surface area contributed by atoms with Crippen LogP contribution < -0.4 is 0 Å². The lowest BCUT2D eigenvalue weighted by molar-refractivity contribution is -0.139. The maximum Gasteiger partial charge on any atom is 0.314 e. The van der Waals surface area contributed by atoms with Crippen molar-refractivity contribution in [1.29, 1.82) is 0 Å². The number of aryl methyl sites for hydroxylation is 1. The van der Waals surface area contributed by atoms with Gasteiger partial charge in [-0.15, -0.1) is 0 Å². The lowest BCUT2D eigenvalue weighted by Crippen LogP contribution is -2.22. The maximum absolute atomic E-state index is 11.2. The van der Waals surface area contributed by atoms with Gasteiger partial charge in [-0.05, 0) is 39.3 Å². The molecular formula is C13H19N3O2. The van der Waals surface area contributed by atoms with Crippen LogP contribution in [0.3, 0.4) is 0 Å². The minimum Gasteiger partial charge on any atom is -0.481 e. The summed E-state index contributed by atoms with van der Waals surface area (Å²) in [6.45, 7) is 2.01. The quantitative estimate of drug-likeness (QED) is 0.865. The zero-order valence-corrected chi connectivity index (χ0v) is 10.7. The number of aromatic nitrogens is 2. The second-order valence-electron chi connectivity index (χ2n) is 5.39. The third-order valence-electron chi connectivity index (χ3n) is 4.19. The highest BCUT2D eigenvalue weighted by molar-refractivity contribution is 5.75. The molecule has 0 amide bonds. The number of aliphatic carboxylic acids is 1. The van der Waals surface area contributed by atoms with Crippen molar-refractivity contribution in [2.75, 3.05) is 13.6 Å². The van der Waals surface area contributed by atoms with E-state index in [1.165, 1.54) is 6.42 Å². The average Bonchev–Trinajstić information content (AvgIpc) is 2.92. The Morgan fingerprint density at radius 3 is 2.83 bits per heavy atom. The van der Waals surface area contributed by atoms with Gasteiger partial charge in [0.2, 0.25) is 0 Å². The number of carboxylic acids is 1. The fourth-order valence-corrected chi connectivity index (χ4v) is 3.18. The Hall–Kier alpha value is -1.36. The number of rotatable bonds is 2. The molecule has 1 N–H and O–H groups in total. The normalized spacial score (nSPS) is 28.3. The Bertz CT molecular complexity index is 469. The molecule has 0 aromatic carbocycles. The summed E-state index contributed by atoms with van der Waals surface area (Å²) in [6, 6.07) is 0.373. The summed E-state index contributed by atoms with van der Waals surface area (Å²) in [4.78, 5) is 18.2. The molecule has 0 radical (unpaired) electrons. The van der Waals surface area contributed by atoms with Gasteiger partial charge in [-0.3, -0.25) is 9.69 Å². The predicted octanol–water partition coefficient (Wildman–Crippen LogP) is 1.61. The minimum atomic E-state index is -0.743. The summed E-state index contributed by atoms with van der Waals surface area (Å²) >= 11 is 0. The molecular weight excluding hydrogens is 230 g/mol. The van der Waals surface area contributed by atoms with Crippen molar-refractivity contribution >= 4 is 5.97 Å². The van der Waals surface area contributed by atoms with E-state index in [1.807, 2.05) is 4.57 Å². The van der Waals surface area contributed by atoms with Crippen LogP contribution in [0.4, 0.5) is 0 Å². The van der Waals surface area contributed by atoms with Gasteiger partial charge in [0.25, 0.3) is 0 Å². The molecule has 5 nitrogen and oxygen atoms in total. The van der Waals surface area contributed by atoms with E-state index in [9.17, 15) is 9.90 Å². The van der Waals surface area contributed by atoms with E-state index in [4.69, 9.17) is 0 Å². The van der Waals surface area contributed by atoms with Gasteiger partial charge in [-0.2, -0.15) is 0 Å². The summed E-state index contributed by atoms with van der Waals surface area (Å²) in [6.07, 6.45) is 6.04. The maximum atomic E-state index is 11.2. The number of carboxylic acid groups (broad SMARTS) is 1. The first-order chi connectivity index (χ1) is 8.66. The molecule has 2 aliphatic rings. The lowest BCUT2D eigenvalue weighted by Gasteiger charge is -2.19. The van der Waals surface area contributed by atoms with E-state index in [2.05, 4.69) is 23.1 Å². The zero-order chi connectivity index (χ0) is 12.7. The number of fused-ring (bicyclic) bond motifs is 1. The minimum absolute atomic E-state index is 0.373. The second kappa shape index (κ2) is 4.39. The SMILES string of the molecule is CN1CCCC1c1cn2c(n1)C(C(=O)O)CCC2. The van der Waals surface area contributed by atoms with Crippen molar-refractivity contribution in [2.24, 2.45) is 0 Å². The summed E-state index contributed by atoms with van der Waals surface area (Å²) < 4.78 is 2.05. The number of nitrogens with zero attached hydrogens (tertiary/aromatic N) is 3. The van der Waals surface area contributed by atoms with Gasteiger partial charge < -0.3 is 9.67 Å². The van der Waals surface area contributed by atoms with Crippen molar-refractivity contribution in [3.8, 4) is 0 Å². The van der Waals surface area contributed by atoms with Crippen molar-refractivity contribution in [1.82, 2.24) is 14.5 Å². The molecule has 3 rings (SSSR count). The van der Waals surface area contributed by atoms with Gasteiger partial charge in [0.15, 0.2) is 0 Å². The molecule has 2 unspecified atom stereocenters. The molecule has 98 valence electrons. The van der Waals surface area contributed by atoms with Crippen LogP contribution in [-0.4, -0.2) is 39.1 Å². The lowest BCUT2D eigenvalue weighted by atomic mass is 9.99. The molecule has 1 fully saturated rings. The van der Waals surface area contributed by atoms with Crippen molar-refractivity contribution in [2.45, 2.75) is 44.2 Å². The molecule has 18 heavy (non-hydrogen) atoms. The van der Waals surface area contributed by atoms with Crippen LogP contribution in [0.15, 0.2) is 6.20 Å². The molecule has 3 heterocycles. The van der Waals surface area contributed by atoms with Crippen LogP contribution in [0.5, 0.6) is 0 Å². The largest absolute Gasteiger partial charge is 0.481 e. The van der Waals surface area contributed by atoms with Gasteiger partial charge >= 0.3 is 5.97 Å². The predicted molar refractivity (Wildman–Crippen MR) is 66.4 cm³/mol.